The van der Waals surface area contributed by atoms with E-state index in [1.807, 2.05) is 0 Å². The van der Waals surface area contributed by atoms with Gasteiger partial charge in [-0.25, -0.2) is 9.18 Å². The van der Waals surface area contributed by atoms with Crippen LogP contribution in [0.25, 0.3) is 11.1 Å². The minimum atomic E-state index is -0.278. The van der Waals surface area contributed by atoms with Gasteiger partial charge >= 0.3 is 6.03 Å². The lowest BCUT2D eigenvalue weighted by atomic mass is 10.0. The van der Waals surface area contributed by atoms with Crippen LogP contribution >= 0.6 is 0 Å². The molecule has 0 spiro atoms. The first-order chi connectivity index (χ1) is 10.7. The highest BCUT2D eigenvalue weighted by molar-refractivity contribution is 5.79. The van der Waals surface area contributed by atoms with Gasteiger partial charge in [0.25, 0.3) is 0 Å². The smallest absolute Gasteiger partial charge is 0.325 e. The van der Waals surface area contributed by atoms with E-state index in [1.165, 1.54) is 10.6 Å². The molecule has 2 aliphatic rings. The van der Waals surface area contributed by atoms with Crippen molar-refractivity contribution in [3.63, 3.8) is 0 Å². The number of hydrogen-bond acceptors (Lipinski definition) is 2. The lowest BCUT2D eigenvalue weighted by Crippen LogP contribution is -2.45. The highest BCUT2D eigenvalue weighted by Crippen LogP contribution is 2.31. The standard InChI is InChI=1S/C17H18FN3O/c18-15-4-2-1-3-14(15)11-5-6-21(10-11)17(22)20-16-8-13-7-12(16)9-19-13/h1-6,10,12-13,16,19H,7-9H2,(H,20,22). The summed E-state index contributed by atoms with van der Waals surface area (Å²) >= 11 is 0. The van der Waals surface area contributed by atoms with E-state index in [2.05, 4.69) is 10.6 Å². The summed E-state index contributed by atoms with van der Waals surface area (Å²) in [6, 6.07) is 9.01. The van der Waals surface area contributed by atoms with E-state index in [0.717, 1.165) is 19.4 Å². The summed E-state index contributed by atoms with van der Waals surface area (Å²) in [4.78, 5) is 12.3. The normalized spacial score (nSPS) is 26.3. The number of amides is 1. The van der Waals surface area contributed by atoms with Gasteiger partial charge in [-0.05, 0) is 30.9 Å². The topological polar surface area (TPSA) is 46.1 Å². The molecule has 2 bridgehead atoms. The summed E-state index contributed by atoms with van der Waals surface area (Å²) in [6.07, 6.45) is 5.51. The molecule has 1 saturated carbocycles. The molecule has 1 aliphatic heterocycles. The molecule has 22 heavy (non-hydrogen) atoms. The average molecular weight is 299 g/mol. The average Bonchev–Trinajstić information content (AvgIpc) is 3.24. The number of aromatic nitrogens is 1. The zero-order chi connectivity index (χ0) is 15.1. The van der Waals surface area contributed by atoms with Crippen molar-refractivity contribution < 1.29 is 9.18 Å². The lowest BCUT2D eigenvalue weighted by Gasteiger charge is -2.23. The van der Waals surface area contributed by atoms with Gasteiger partial charge in [0.2, 0.25) is 0 Å². The molecular weight excluding hydrogens is 281 g/mol. The van der Waals surface area contributed by atoms with Gasteiger partial charge in [0.15, 0.2) is 0 Å². The molecule has 4 nitrogen and oxygen atoms in total. The van der Waals surface area contributed by atoms with E-state index in [1.54, 1.807) is 36.7 Å². The second-order valence-electron chi connectivity index (χ2n) is 6.18. The van der Waals surface area contributed by atoms with Gasteiger partial charge in [-0.3, -0.25) is 4.57 Å². The van der Waals surface area contributed by atoms with Crippen LogP contribution in [-0.2, 0) is 0 Å². The second-order valence-corrected chi connectivity index (χ2v) is 6.18. The first-order valence-electron chi connectivity index (χ1n) is 7.68. The maximum Gasteiger partial charge on any atom is 0.325 e. The number of fused-ring (bicyclic) bond motifs is 2. The number of halogens is 1. The van der Waals surface area contributed by atoms with E-state index < -0.39 is 0 Å². The molecule has 2 heterocycles. The number of benzene rings is 1. The minimum absolute atomic E-state index is 0.139. The van der Waals surface area contributed by atoms with Crippen LogP contribution in [0, 0.1) is 11.7 Å². The molecule has 3 atom stereocenters. The van der Waals surface area contributed by atoms with Crippen LogP contribution in [-0.4, -0.2) is 29.2 Å². The van der Waals surface area contributed by atoms with E-state index in [9.17, 15) is 9.18 Å². The number of nitrogens with zero attached hydrogens (tertiary/aromatic N) is 1. The summed E-state index contributed by atoms with van der Waals surface area (Å²) in [6.45, 7) is 0.988. The number of nitrogens with one attached hydrogen (secondary N) is 2. The Balaban J connectivity index is 1.49. The molecule has 3 unspecified atom stereocenters. The van der Waals surface area contributed by atoms with Gasteiger partial charge < -0.3 is 10.6 Å². The molecule has 1 aromatic heterocycles. The van der Waals surface area contributed by atoms with Gasteiger partial charge in [0.1, 0.15) is 5.82 Å². The molecule has 1 amide bonds. The molecular formula is C17H18FN3O. The fraction of sp³-hybridized carbons (Fsp3) is 0.353. The first-order valence-corrected chi connectivity index (χ1v) is 7.68. The molecule has 0 radical (unpaired) electrons. The van der Waals surface area contributed by atoms with E-state index in [4.69, 9.17) is 0 Å². The van der Waals surface area contributed by atoms with Crippen molar-refractivity contribution in [1.29, 1.82) is 0 Å². The molecule has 1 aliphatic carbocycles. The molecule has 1 aromatic carbocycles. The van der Waals surface area contributed by atoms with E-state index >= 15 is 0 Å². The predicted octanol–water partition coefficient (Wildman–Crippen LogP) is 2.60. The van der Waals surface area contributed by atoms with Crippen molar-refractivity contribution >= 4 is 6.03 Å². The Bertz CT molecular complexity index is 711. The Kier molecular flexibility index (Phi) is 3.22. The Hall–Kier alpha value is -2.14. The van der Waals surface area contributed by atoms with Gasteiger partial charge in [-0.15, -0.1) is 0 Å². The maximum atomic E-state index is 13.8. The molecule has 4 rings (SSSR count). The van der Waals surface area contributed by atoms with Gasteiger partial charge in [0, 0.05) is 42.1 Å². The molecule has 114 valence electrons. The number of hydrogen-bond donors (Lipinski definition) is 2. The van der Waals surface area contributed by atoms with Gasteiger partial charge in [-0.2, -0.15) is 0 Å². The lowest BCUT2D eigenvalue weighted by molar-refractivity contribution is 0.233. The predicted molar refractivity (Wildman–Crippen MR) is 82.1 cm³/mol. The summed E-state index contributed by atoms with van der Waals surface area (Å²) in [5.74, 6) is 0.260. The third-order valence-corrected chi connectivity index (χ3v) is 4.78. The number of rotatable bonds is 2. The zero-order valence-electron chi connectivity index (χ0n) is 12.1. The number of carbonyl (C=O) groups is 1. The maximum absolute atomic E-state index is 13.8. The molecule has 2 N–H and O–H groups in total. The van der Waals surface area contributed by atoms with E-state index in [0.29, 0.717) is 23.1 Å². The molecule has 2 fully saturated rings. The third-order valence-electron chi connectivity index (χ3n) is 4.78. The first kappa shape index (κ1) is 13.5. The summed E-state index contributed by atoms with van der Waals surface area (Å²) in [7, 11) is 0. The van der Waals surface area contributed by atoms with Crippen LogP contribution in [0.1, 0.15) is 12.8 Å². The van der Waals surface area contributed by atoms with Gasteiger partial charge in [-0.1, -0.05) is 18.2 Å². The van der Waals surface area contributed by atoms with Crippen LogP contribution in [0.3, 0.4) is 0 Å². The van der Waals surface area contributed by atoms with Crippen molar-refractivity contribution in [3.8, 4) is 11.1 Å². The quantitative estimate of drug-likeness (QED) is 0.895. The fourth-order valence-electron chi connectivity index (χ4n) is 3.62. The number of carbonyl (C=O) groups excluding carboxylic acids is 1. The fourth-order valence-corrected chi connectivity index (χ4v) is 3.62. The zero-order valence-corrected chi connectivity index (χ0v) is 12.1. The monoisotopic (exact) mass is 299 g/mol. The Morgan fingerprint density at radius 3 is 2.86 bits per heavy atom. The molecule has 5 heteroatoms. The summed E-state index contributed by atoms with van der Waals surface area (Å²) < 4.78 is 15.3. The third kappa shape index (κ3) is 2.31. The molecule has 1 saturated heterocycles. The van der Waals surface area contributed by atoms with Crippen LogP contribution in [0.4, 0.5) is 9.18 Å². The Labute approximate surface area is 128 Å². The SMILES string of the molecule is O=C(NC1CC2CC1CN2)n1ccc(-c2ccccc2F)c1. The Morgan fingerprint density at radius 2 is 2.14 bits per heavy atom. The van der Waals surface area contributed by atoms with Crippen molar-refractivity contribution in [1.82, 2.24) is 15.2 Å². The van der Waals surface area contributed by atoms with E-state index in [-0.39, 0.29) is 17.9 Å². The van der Waals surface area contributed by atoms with Crippen molar-refractivity contribution in [2.75, 3.05) is 6.54 Å². The van der Waals surface area contributed by atoms with Crippen LogP contribution < -0.4 is 10.6 Å². The Morgan fingerprint density at radius 1 is 1.27 bits per heavy atom. The van der Waals surface area contributed by atoms with Crippen LogP contribution in [0.2, 0.25) is 0 Å². The highest BCUT2D eigenvalue weighted by atomic mass is 19.1. The minimum Gasteiger partial charge on any atom is -0.334 e. The van der Waals surface area contributed by atoms with Crippen molar-refractivity contribution in [2.24, 2.45) is 5.92 Å². The second kappa shape index (κ2) is 5.25. The van der Waals surface area contributed by atoms with Crippen molar-refractivity contribution in [3.05, 3.63) is 48.5 Å². The van der Waals surface area contributed by atoms with Gasteiger partial charge in [0.05, 0.1) is 0 Å². The highest BCUT2D eigenvalue weighted by Gasteiger charge is 2.40. The number of piperidine rings is 1. The summed E-state index contributed by atoms with van der Waals surface area (Å²) in [5.41, 5.74) is 1.22. The van der Waals surface area contributed by atoms with Crippen LogP contribution in [0.5, 0.6) is 0 Å². The largest absolute Gasteiger partial charge is 0.334 e. The molecule has 2 aromatic rings. The van der Waals surface area contributed by atoms with Crippen molar-refractivity contribution in [2.45, 2.75) is 24.9 Å². The summed E-state index contributed by atoms with van der Waals surface area (Å²) in [5, 5.41) is 6.53. The van der Waals surface area contributed by atoms with Crippen LogP contribution in [0.15, 0.2) is 42.7 Å².